The maximum Gasteiger partial charge on any atom is 0.191 e. The standard InChI is InChI=1S/C21H35BrN4O.HI/c1-3-23-21(24-13-5-6-16-27-4-2)25-20-11-14-26(15-12-20)17-18-7-9-19(22)10-8-18;/h7-10,20H,3-6,11-17H2,1-2H3,(H2,23,24,25);1H. The highest BCUT2D eigenvalue weighted by Crippen LogP contribution is 2.16. The van der Waals surface area contributed by atoms with E-state index in [1.165, 1.54) is 5.56 Å². The van der Waals surface area contributed by atoms with Crippen molar-refractivity contribution >= 4 is 45.9 Å². The minimum absolute atomic E-state index is 0. The molecule has 0 aromatic heterocycles. The fourth-order valence-corrected chi connectivity index (χ4v) is 3.51. The Labute approximate surface area is 196 Å². The molecule has 1 aliphatic heterocycles. The summed E-state index contributed by atoms with van der Waals surface area (Å²) in [5, 5.41) is 7.00. The number of nitrogens with zero attached hydrogens (tertiary/aromatic N) is 2. The predicted octanol–water partition coefficient (Wildman–Crippen LogP) is 4.40. The van der Waals surface area contributed by atoms with Gasteiger partial charge in [0.15, 0.2) is 5.96 Å². The highest BCUT2D eigenvalue weighted by atomic mass is 127. The fraction of sp³-hybridized carbons (Fsp3) is 0.667. The number of halogens is 2. The third kappa shape index (κ3) is 10.4. The van der Waals surface area contributed by atoms with Gasteiger partial charge in [-0.3, -0.25) is 9.89 Å². The van der Waals surface area contributed by atoms with Crippen molar-refractivity contribution in [3.8, 4) is 0 Å². The van der Waals surface area contributed by atoms with Gasteiger partial charge >= 0.3 is 0 Å². The number of hydrogen-bond donors (Lipinski definition) is 2. The number of likely N-dealkylation sites (tertiary alicyclic amines) is 1. The van der Waals surface area contributed by atoms with Crippen LogP contribution in [-0.4, -0.2) is 56.3 Å². The van der Waals surface area contributed by atoms with E-state index in [-0.39, 0.29) is 24.0 Å². The zero-order valence-corrected chi connectivity index (χ0v) is 21.2. The molecule has 1 aromatic rings. The van der Waals surface area contributed by atoms with Gasteiger partial charge in [0, 0.05) is 56.5 Å². The number of guanidine groups is 1. The average molecular weight is 567 g/mol. The molecule has 0 bridgehead atoms. The van der Waals surface area contributed by atoms with E-state index in [9.17, 15) is 0 Å². The van der Waals surface area contributed by atoms with Gasteiger partial charge in [0.1, 0.15) is 0 Å². The Morgan fingerprint density at radius 3 is 2.54 bits per heavy atom. The van der Waals surface area contributed by atoms with Crippen molar-refractivity contribution in [3.63, 3.8) is 0 Å². The Morgan fingerprint density at radius 2 is 1.89 bits per heavy atom. The molecule has 1 saturated heterocycles. The lowest BCUT2D eigenvalue weighted by molar-refractivity contribution is 0.144. The molecule has 1 fully saturated rings. The predicted molar refractivity (Wildman–Crippen MR) is 133 cm³/mol. The summed E-state index contributed by atoms with van der Waals surface area (Å²) in [5.74, 6) is 0.959. The molecule has 0 unspecified atom stereocenters. The minimum atomic E-state index is 0. The molecule has 2 rings (SSSR count). The lowest BCUT2D eigenvalue weighted by Crippen LogP contribution is -2.48. The first kappa shape index (κ1) is 25.7. The number of rotatable bonds is 10. The fourth-order valence-electron chi connectivity index (χ4n) is 3.25. The molecular weight excluding hydrogens is 531 g/mol. The van der Waals surface area contributed by atoms with Gasteiger partial charge in [-0.1, -0.05) is 28.1 Å². The first-order chi connectivity index (χ1) is 13.2. The van der Waals surface area contributed by atoms with Crippen LogP contribution in [0.2, 0.25) is 0 Å². The maximum atomic E-state index is 5.38. The molecule has 0 radical (unpaired) electrons. The second kappa shape index (κ2) is 15.5. The quantitative estimate of drug-likeness (QED) is 0.191. The Kier molecular flexibility index (Phi) is 14.2. The summed E-state index contributed by atoms with van der Waals surface area (Å²) in [6.45, 7) is 10.8. The molecule has 160 valence electrons. The molecule has 1 heterocycles. The Hall–Kier alpha value is -0.380. The van der Waals surface area contributed by atoms with Gasteiger partial charge in [-0.05, 0) is 57.2 Å². The summed E-state index contributed by atoms with van der Waals surface area (Å²) < 4.78 is 6.52. The Bertz CT molecular complexity index is 548. The van der Waals surface area contributed by atoms with Crippen LogP contribution in [0.3, 0.4) is 0 Å². The molecule has 0 spiro atoms. The zero-order valence-electron chi connectivity index (χ0n) is 17.3. The van der Waals surface area contributed by atoms with Crippen molar-refractivity contribution in [1.29, 1.82) is 0 Å². The first-order valence-corrected chi connectivity index (χ1v) is 11.1. The molecule has 0 atom stereocenters. The monoisotopic (exact) mass is 566 g/mol. The number of hydrogen-bond acceptors (Lipinski definition) is 3. The van der Waals surface area contributed by atoms with Gasteiger partial charge in [-0.25, -0.2) is 0 Å². The zero-order chi connectivity index (χ0) is 19.3. The summed E-state index contributed by atoms with van der Waals surface area (Å²) in [5.41, 5.74) is 1.38. The van der Waals surface area contributed by atoms with Crippen LogP contribution in [0, 0.1) is 0 Å². The van der Waals surface area contributed by atoms with Crippen LogP contribution in [0.5, 0.6) is 0 Å². The van der Waals surface area contributed by atoms with Crippen LogP contribution < -0.4 is 10.6 Å². The summed E-state index contributed by atoms with van der Waals surface area (Å²) >= 11 is 3.50. The largest absolute Gasteiger partial charge is 0.382 e. The van der Waals surface area contributed by atoms with Gasteiger partial charge in [0.2, 0.25) is 0 Å². The summed E-state index contributed by atoms with van der Waals surface area (Å²) in [4.78, 5) is 7.26. The van der Waals surface area contributed by atoms with Crippen LogP contribution in [0.1, 0.15) is 45.1 Å². The highest BCUT2D eigenvalue weighted by molar-refractivity contribution is 14.0. The SMILES string of the molecule is CCNC(=NCCCCOCC)NC1CCN(Cc2ccc(Br)cc2)CC1.I. The molecule has 5 nitrogen and oxygen atoms in total. The van der Waals surface area contributed by atoms with E-state index >= 15 is 0 Å². The van der Waals surface area contributed by atoms with Crippen LogP contribution in [-0.2, 0) is 11.3 Å². The number of aliphatic imine (C=N–C) groups is 1. The van der Waals surface area contributed by atoms with E-state index in [1.807, 2.05) is 6.92 Å². The number of unbranched alkanes of at least 4 members (excludes halogenated alkanes) is 1. The molecule has 28 heavy (non-hydrogen) atoms. The van der Waals surface area contributed by atoms with E-state index in [0.717, 1.165) is 82.1 Å². The summed E-state index contributed by atoms with van der Waals surface area (Å²) in [6, 6.07) is 9.16. The molecule has 0 amide bonds. The molecule has 0 aliphatic carbocycles. The minimum Gasteiger partial charge on any atom is -0.382 e. The van der Waals surface area contributed by atoms with Gasteiger partial charge in [-0.2, -0.15) is 0 Å². The Balaban J connectivity index is 0.00000392. The smallest absolute Gasteiger partial charge is 0.191 e. The van der Waals surface area contributed by atoms with Gasteiger partial charge in [-0.15, -0.1) is 24.0 Å². The van der Waals surface area contributed by atoms with Crippen LogP contribution in [0.4, 0.5) is 0 Å². The van der Waals surface area contributed by atoms with Gasteiger partial charge in [0.25, 0.3) is 0 Å². The van der Waals surface area contributed by atoms with Crippen LogP contribution in [0.25, 0.3) is 0 Å². The van der Waals surface area contributed by atoms with E-state index in [2.05, 4.69) is 62.7 Å². The summed E-state index contributed by atoms with van der Waals surface area (Å²) in [7, 11) is 0. The third-order valence-electron chi connectivity index (χ3n) is 4.76. The van der Waals surface area contributed by atoms with E-state index < -0.39 is 0 Å². The molecule has 2 N–H and O–H groups in total. The number of benzene rings is 1. The second-order valence-electron chi connectivity index (χ2n) is 6.99. The van der Waals surface area contributed by atoms with Crippen molar-refractivity contribution in [2.24, 2.45) is 4.99 Å². The van der Waals surface area contributed by atoms with Crippen molar-refractivity contribution in [2.75, 3.05) is 39.4 Å². The lowest BCUT2D eigenvalue weighted by Gasteiger charge is -2.33. The molecule has 7 heteroatoms. The van der Waals surface area contributed by atoms with E-state index in [4.69, 9.17) is 9.73 Å². The van der Waals surface area contributed by atoms with E-state index in [1.54, 1.807) is 0 Å². The third-order valence-corrected chi connectivity index (χ3v) is 5.29. The molecular formula is C21H36BrIN4O. The lowest BCUT2D eigenvalue weighted by atomic mass is 10.0. The average Bonchev–Trinajstić information content (AvgIpc) is 2.68. The number of ether oxygens (including phenoxy) is 1. The van der Waals surface area contributed by atoms with Crippen molar-refractivity contribution < 1.29 is 4.74 Å². The maximum absolute atomic E-state index is 5.38. The van der Waals surface area contributed by atoms with E-state index in [0.29, 0.717) is 6.04 Å². The van der Waals surface area contributed by atoms with Gasteiger partial charge < -0.3 is 15.4 Å². The Morgan fingerprint density at radius 1 is 1.18 bits per heavy atom. The van der Waals surface area contributed by atoms with Crippen molar-refractivity contribution in [2.45, 2.75) is 52.1 Å². The number of piperidine rings is 1. The summed E-state index contributed by atoms with van der Waals surface area (Å²) in [6.07, 6.45) is 4.46. The van der Waals surface area contributed by atoms with Gasteiger partial charge in [0.05, 0.1) is 0 Å². The van der Waals surface area contributed by atoms with Crippen molar-refractivity contribution in [3.05, 3.63) is 34.3 Å². The number of nitrogens with one attached hydrogen (secondary N) is 2. The molecule has 1 aromatic carbocycles. The molecule has 0 saturated carbocycles. The highest BCUT2D eigenvalue weighted by Gasteiger charge is 2.20. The normalized spacial score (nSPS) is 15.9. The topological polar surface area (TPSA) is 48.9 Å². The molecule has 1 aliphatic rings. The second-order valence-corrected chi connectivity index (χ2v) is 7.90. The van der Waals surface area contributed by atoms with Crippen LogP contribution in [0.15, 0.2) is 33.7 Å². The van der Waals surface area contributed by atoms with Crippen LogP contribution >= 0.6 is 39.9 Å². The van der Waals surface area contributed by atoms with Crippen molar-refractivity contribution in [1.82, 2.24) is 15.5 Å². The first-order valence-electron chi connectivity index (χ1n) is 10.3.